The van der Waals surface area contributed by atoms with Crippen LogP contribution in [0.3, 0.4) is 0 Å². The Labute approximate surface area is 215 Å². The van der Waals surface area contributed by atoms with Gasteiger partial charge in [0, 0.05) is 39.0 Å². The first kappa shape index (κ1) is 25.6. The molecular formula is C31H37N3O2. The van der Waals surface area contributed by atoms with Gasteiger partial charge in [-0.15, -0.1) is 0 Å². The Bertz CT molecular complexity index is 1060. The van der Waals surface area contributed by atoms with Crippen molar-refractivity contribution in [2.45, 2.75) is 38.8 Å². The van der Waals surface area contributed by atoms with Gasteiger partial charge in [0.25, 0.3) is 0 Å². The van der Waals surface area contributed by atoms with E-state index in [0.29, 0.717) is 25.9 Å². The molecule has 1 aliphatic rings. The van der Waals surface area contributed by atoms with Gasteiger partial charge < -0.3 is 10.2 Å². The summed E-state index contributed by atoms with van der Waals surface area (Å²) < 4.78 is 0. The summed E-state index contributed by atoms with van der Waals surface area (Å²) in [6, 6.07) is 31.2. The molecule has 4 rings (SSSR count). The van der Waals surface area contributed by atoms with Crippen LogP contribution in [0.15, 0.2) is 91.0 Å². The summed E-state index contributed by atoms with van der Waals surface area (Å²) in [5, 5.41) is 3.06. The summed E-state index contributed by atoms with van der Waals surface area (Å²) in [7, 11) is 0. The number of hydrogen-bond acceptors (Lipinski definition) is 3. The molecule has 0 bridgehead atoms. The largest absolute Gasteiger partial charge is 0.350 e. The topological polar surface area (TPSA) is 52.7 Å². The highest BCUT2D eigenvalue weighted by molar-refractivity contribution is 5.79. The van der Waals surface area contributed by atoms with Crippen molar-refractivity contribution in [3.63, 3.8) is 0 Å². The van der Waals surface area contributed by atoms with E-state index in [4.69, 9.17) is 0 Å². The molecule has 0 radical (unpaired) electrons. The molecule has 1 heterocycles. The minimum atomic E-state index is -0.0446. The monoisotopic (exact) mass is 483 g/mol. The number of piperazine rings is 1. The number of benzene rings is 3. The van der Waals surface area contributed by atoms with E-state index in [-0.39, 0.29) is 29.8 Å². The predicted octanol–water partition coefficient (Wildman–Crippen LogP) is 5.21. The van der Waals surface area contributed by atoms with Crippen LogP contribution in [-0.4, -0.2) is 47.8 Å². The fourth-order valence-electron chi connectivity index (χ4n) is 5.06. The van der Waals surface area contributed by atoms with Crippen LogP contribution in [0.5, 0.6) is 0 Å². The second kappa shape index (κ2) is 12.5. The number of hydrogen-bond donors (Lipinski definition) is 1. The minimum absolute atomic E-state index is 0.000103. The Morgan fingerprint density at radius 2 is 1.17 bits per heavy atom. The molecule has 0 spiro atoms. The molecule has 2 atom stereocenters. The van der Waals surface area contributed by atoms with Crippen LogP contribution in [0.25, 0.3) is 0 Å². The van der Waals surface area contributed by atoms with Crippen LogP contribution in [0.1, 0.15) is 55.5 Å². The van der Waals surface area contributed by atoms with Gasteiger partial charge in [0.1, 0.15) is 0 Å². The van der Waals surface area contributed by atoms with Gasteiger partial charge >= 0.3 is 0 Å². The van der Waals surface area contributed by atoms with Gasteiger partial charge in [-0.2, -0.15) is 0 Å². The van der Waals surface area contributed by atoms with Crippen molar-refractivity contribution in [3.05, 3.63) is 108 Å². The lowest BCUT2D eigenvalue weighted by atomic mass is 9.96. The molecule has 5 nitrogen and oxygen atoms in total. The van der Waals surface area contributed by atoms with Gasteiger partial charge in [0.2, 0.25) is 11.8 Å². The van der Waals surface area contributed by atoms with E-state index in [0.717, 1.165) is 18.7 Å². The summed E-state index contributed by atoms with van der Waals surface area (Å²) >= 11 is 0. The highest BCUT2D eigenvalue weighted by Gasteiger charge is 2.28. The Kier molecular flexibility index (Phi) is 8.90. The van der Waals surface area contributed by atoms with E-state index >= 15 is 0 Å². The molecule has 1 aliphatic heterocycles. The van der Waals surface area contributed by atoms with E-state index in [2.05, 4.69) is 58.7 Å². The minimum Gasteiger partial charge on any atom is -0.350 e. The molecular weight excluding hydrogens is 446 g/mol. The van der Waals surface area contributed by atoms with Gasteiger partial charge in [-0.3, -0.25) is 14.5 Å². The number of carbonyl (C=O) groups excluding carboxylic acids is 2. The molecule has 0 unspecified atom stereocenters. The SMILES string of the molecule is C[C@@H](CC(=O)N[C@@H](C)c1ccccc1)CC(=O)N1CCN(C(c2ccccc2)c2ccccc2)CC1. The highest BCUT2D eigenvalue weighted by atomic mass is 16.2. The van der Waals surface area contributed by atoms with Gasteiger partial charge in [-0.1, -0.05) is 97.9 Å². The molecule has 36 heavy (non-hydrogen) atoms. The molecule has 3 aromatic carbocycles. The van der Waals surface area contributed by atoms with E-state index in [1.807, 2.05) is 61.2 Å². The fraction of sp³-hybridized carbons (Fsp3) is 0.355. The number of amides is 2. The third-order valence-corrected chi connectivity index (χ3v) is 7.00. The maximum Gasteiger partial charge on any atom is 0.222 e. The lowest BCUT2D eigenvalue weighted by molar-refractivity contribution is -0.134. The molecule has 188 valence electrons. The van der Waals surface area contributed by atoms with Crippen molar-refractivity contribution in [2.75, 3.05) is 26.2 Å². The van der Waals surface area contributed by atoms with Gasteiger partial charge in [-0.25, -0.2) is 0 Å². The van der Waals surface area contributed by atoms with Crippen molar-refractivity contribution in [1.82, 2.24) is 15.1 Å². The molecule has 0 aromatic heterocycles. The van der Waals surface area contributed by atoms with Crippen molar-refractivity contribution in [3.8, 4) is 0 Å². The number of rotatable bonds is 9. The highest BCUT2D eigenvalue weighted by Crippen LogP contribution is 2.29. The average Bonchev–Trinajstić information content (AvgIpc) is 2.91. The van der Waals surface area contributed by atoms with E-state index in [9.17, 15) is 9.59 Å². The third-order valence-electron chi connectivity index (χ3n) is 7.00. The second-order valence-electron chi connectivity index (χ2n) is 9.85. The zero-order valence-corrected chi connectivity index (χ0v) is 21.3. The van der Waals surface area contributed by atoms with E-state index < -0.39 is 0 Å². The molecule has 1 fully saturated rings. The maximum absolute atomic E-state index is 13.0. The van der Waals surface area contributed by atoms with Crippen molar-refractivity contribution < 1.29 is 9.59 Å². The Morgan fingerprint density at radius 1 is 0.694 bits per heavy atom. The van der Waals surface area contributed by atoms with Crippen molar-refractivity contribution in [1.29, 1.82) is 0 Å². The summed E-state index contributed by atoms with van der Waals surface area (Å²) in [5.41, 5.74) is 3.62. The molecule has 1 saturated heterocycles. The number of nitrogens with zero attached hydrogens (tertiary/aromatic N) is 2. The standard InChI is InChI=1S/C31H37N3O2/c1-24(22-29(35)32-25(2)26-12-6-3-7-13-26)23-30(36)33-18-20-34(21-19-33)31(27-14-8-4-9-15-27)28-16-10-5-11-17-28/h3-17,24-25,31H,18-23H2,1-2H3,(H,32,35)/t24-,25-/m0/s1. The molecule has 0 saturated carbocycles. The summed E-state index contributed by atoms with van der Waals surface area (Å²) in [5.74, 6) is 0.131. The Hall–Kier alpha value is -3.44. The zero-order valence-electron chi connectivity index (χ0n) is 21.3. The van der Waals surface area contributed by atoms with E-state index in [1.54, 1.807) is 0 Å². The number of carbonyl (C=O) groups is 2. The van der Waals surface area contributed by atoms with Gasteiger partial charge in [0.15, 0.2) is 0 Å². The Morgan fingerprint density at radius 3 is 1.67 bits per heavy atom. The van der Waals surface area contributed by atoms with Gasteiger partial charge in [-0.05, 0) is 29.5 Å². The summed E-state index contributed by atoms with van der Waals surface area (Å²) in [4.78, 5) is 30.0. The zero-order chi connectivity index (χ0) is 25.3. The third kappa shape index (κ3) is 6.82. The smallest absolute Gasteiger partial charge is 0.222 e. The molecule has 3 aromatic rings. The first-order valence-electron chi connectivity index (χ1n) is 13.0. The first-order valence-corrected chi connectivity index (χ1v) is 13.0. The Balaban J connectivity index is 1.28. The molecule has 0 aliphatic carbocycles. The maximum atomic E-state index is 13.0. The summed E-state index contributed by atoms with van der Waals surface area (Å²) in [6.45, 7) is 7.04. The van der Waals surface area contributed by atoms with Crippen LogP contribution in [0.2, 0.25) is 0 Å². The average molecular weight is 484 g/mol. The van der Waals surface area contributed by atoms with Crippen LogP contribution in [0.4, 0.5) is 0 Å². The molecule has 2 amide bonds. The molecule has 5 heteroatoms. The molecule has 1 N–H and O–H groups in total. The lowest BCUT2D eigenvalue weighted by Gasteiger charge is -2.40. The van der Waals surface area contributed by atoms with Gasteiger partial charge in [0.05, 0.1) is 12.1 Å². The fourth-order valence-corrected chi connectivity index (χ4v) is 5.06. The summed E-state index contributed by atoms with van der Waals surface area (Å²) in [6.07, 6.45) is 0.751. The second-order valence-corrected chi connectivity index (χ2v) is 9.85. The quantitative estimate of drug-likeness (QED) is 0.454. The van der Waals surface area contributed by atoms with Crippen LogP contribution < -0.4 is 5.32 Å². The van der Waals surface area contributed by atoms with Crippen molar-refractivity contribution >= 4 is 11.8 Å². The van der Waals surface area contributed by atoms with Crippen LogP contribution >= 0.6 is 0 Å². The lowest BCUT2D eigenvalue weighted by Crippen LogP contribution is -2.50. The van der Waals surface area contributed by atoms with E-state index in [1.165, 1.54) is 11.1 Å². The first-order chi connectivity index (χ1) is 17.5. The predicted molar refractivity (Wildman–Crippen MR) is 144 cm³/mol. The normalized spacial score (nSPS) is 15.9. The van der Waals surface area contributed by atoms with Crippen molar-refractivity contribution in [2.24, 2.45) is 5.92 Å². The van der Waals surface area contributed by atoms with Crippen LogP contribution in [-0.2, 0) is 9.59 Å². The number of nitrogens with one attached hydrogen (secondary N) is 1. The van der Waals surface area contributed by atoms with Crippen LogP contribution in [0, 0.1) is 5.92 Å².